The second-order valence-electron chi connectivity index (χ2n) is 6.02. The zero-order chi connectivity index (χ0) is 19.9. The minimum absolute atomic E-state index is 0.254. The number of hydrogen-bond acceptors (Lipinski definition) is 5. The number of anilines is 2. The van der Waals surface area contributed by atoms with Crippen LogP contribution in [0.5, 0.6) is 5.75 Å². The topological polar surface area (TPSA) is 92.4 Å². The molecule has 0 radical (unpaired) electrons. The largest absolute Gasteiger partial charge is 0.497 e. The quantitative estimate of drug-likeness (QED) is 0.586. The van der Waals surface area contributed by atoms with Crippen LogP contribution in [0.25, 0.3) is 0 Å². The smallest absolute Gasteiger partial charge is 0.325 e. The molecule has 0 saturated heterocycles. The molecule has 3 amide bonds. The van der Waals surface area contributed by atoms with E-state index in [9.17, 15) is 9.59 Å². The first kappa shape index (κ1) is 19.4. The molecule has 0 aliphatic carbocycles. The molecular weight excluding hydrogens is 376 g/mol. The van der Waals surface area contributed by atoms with Gasteiger partial charge in [0.2, 0.25) is 0 Å². The lowest BCUT2D eigenvalue weighted by Crippen LogP contribution is -2.23. The van der Waals surface area contributed by atoms with Crippen molar-refractivity contribution < 1.29 is 14.3 Å². The Morgan fingerprint density at radius 2 is 1.89 bits per heavy atom. The van der Waals surface area contributed by atoms with E-state index in [2.05, 4.69) is 20.9 Å². The number of carbonyl (C=O) groups is 2. The molecule has 0 unspecified atom stereocenters. The van der Waals surface area contributed by atoms with Crippen LogP contribution in [0.1, 0.15) is 21.6 Å². The number of hydrogen-bond donors (Lipinski definition) is 3. The minimum atomic E-state index is -0.412. The number of nitrogens with zero attached hydrogens (tertiary/aromatic N) is 1. The van der Waals surface area contributed by atoms with Gasteiger partial charge in [0.05, 0.1) is 7.11 Å². The van der Waals surface area contributed by atoms with E-state index in [0.717, 1.165) is 16.9 Å². The Bertz CT molecular complexity index is 970. The molecule has 3 N–H and O–H groups in total. The summed E-state index contributed by atoms with van der Waals surface area (Å²) in [6, 6.07) is 14.5. The third-order valence-corrected chi connectivity index (χ3v) is 4.60. The number of methoxy groups -OCH3 is 1. The molecule has 2 aromatic carbocycles. The first-order chi connectivity index (χ1) is 13.5. The summed E-state index contributed by atoms with van der Waals surface area (Å²) in [5.74, 6) is 0.452. The van der Waals surface area contributed by atoms with Gasteiger partial charge in [0.1, 0.15) is 11.4 Å². The van der Waals surface area contributed by atoms with Gasteiger partial charge in [-0.25, -0.2) is 9.78 Å². The van der Waals surface area contributed by atoms with Gasteiger partial charge in [0.15, 0.2) is 5.13 Å². The fourth-order valence-corrected chi connectivity index (χ4v) is 3.12. The Morgan fingerprint density at radius 1 is 1.11 bits per heavy atom. The molecule has 0 spiro atoms. The van der Waals surface area contributed by atoms with Crippen LogP contribution in [0.2, 0.25) is 0 Å². The number of urea groups is 1. The highest BCUT2D eigenvalue weighted by atomic mass is 32.1. The van der Waals surface area contributed by atoms with Crippen LogP contribution in [0.15, 0.2) is 53.9 Å². The highest BCUT2D eigenvalue weighted by molar-refractivity contribution is 7.14. The molecule has 3 rings (SSSR count). The average molecular weight is 396 g/mol. The molecule has 7 nitrogen and oxygen atoms in total. The number of rotatable bonds is 6. The van der Waals surface area contributed by atoms with Gasteiger partial charge >= 0.3 is 6.03 Å². The zero-order valence-corrected chi connectivity index (χ0v) is 16.3. The molecule has 1 heterocycles. The molecular formula is C20H20N4O3S. The number of thiazole rings is 1. The summed E-state index contributed by atoms with van der Waals surface area (Å²) in [5.41, 5.74) is 2.93. The molecule has 0 atom stereocenters. The summed E-state index contributed by atoms with van der Waals surface area (Å²) in [5, 5.41) is 10.1. The number of carbonyl (C=O) groups excluding carboxylic acids is 2. The molecule has 144 valence electrons. The number of nitrogens with one attached hydrogen (secondary N) is 3. The number of benzene rings is 2. The predicted octanol–water partition coefficient (Wildman–Crippen LogP) is 4.03. The lowest BCUT2D eigenvalue weighted by atomic mass is 10.2. The summed E-state index contributed by atoms with van der Waals surface area (Å²) in [7, 11) is 1.60. The SMILES string of the molecule is COc1ccc(CNC(=O)c2csc(NC(=O)Nc3cccc(C)c3)n2)cc1. The molecule has 0 aliphatic heterocycles. The van der Waals surface area contributed by atoms with Crippen LogP contribution in [-0.2, 0) is 6.54 Å². The number of amides is 3. The lowest BCUT2D eigenvalue weighted by Gasteiger charge is -2.06. The lowest BCUT2D eigenvalue weighted by molar-refractivity contribution is 0.0946. The van der Waals surface area contributed by atoms with Crippen molar-refractivity contribution in [1.29, 1.82) is 0 Å². The van der Waals surface area contributed by atoms with Crippen LogP contribution < -0.4 is 20.7 Å². The Kier molecular flexibility index (Phi) is 6.23. The van der Waals surface area contributed by atoms with Crippen LogP contribution in [-0.4, -0.2) is 24.0 Å². The van der Waals surface area contributed by atoms with Crippen molar-refractivity contribution in [3.05, 3.63) is 70.7 Å². The van der Waals surface area contributed by atoms with Gasteiger partial charge in [-0.05, 0) is 42.3 Å². The molecule has 8 heteroatoms. The van der Waals surface area contributed by atoms with Crippen LogP contribution in [0.3, 0.4) is 0 Å². The number of ether oxygens (including phenoxy) is 1. The van der Waals surface area contributed by atoms with E-state index in [1.165, 1.54) is 11.3 Å². The highest BCUT2D eigenvalue weighted by Crippen LogP contribution is 2.17. The van der Waals surface area contributed by atoms with E-state index in [0.29, 0.717) is 17.4 Å². The van der Waals surface area contributed by atoms with E-state index in [-0.39, 0.29) is 11.6 Å². The number of aryl methyl sites for hydroxylation is 1. The van der Waals surface area contributed by atoms with Gasteiger partial charge in [-0.1, -0.05) is 24.3 Å². The summed E-state index contributed by atoms with van der Waals surface area (Å²) in [6.45, 7) is 2.32. The van der Waals surface area contributed by atoms with Gasteiger partial charge in [-0.2, -0.15) is 0 Å². The molecule has 1 aromatic heterocycles. The van der Waals surface area contributed by atoms with Crippen LogP contribution in [0.4, 0.5) is 15.6 Å². The summed E-state index contributed by atoms with van der Waals surface area (Å²) >= 11 is 1.19. The fraction of sp³-hybridized carbons (Fsp3) is 0.150. The van der Waals surface area contributed by atoms with Crippen molar-refractivity contribution >= 4 is 34.1 Å². The van der Waals surface area contributed by atoms with Crippen molar-refractivity contribution in [1.82, 2.24) is 10.3 Å². The fourth-order valence-electron chi connectivity index (χ4n) is 2.43. The first-order valence-corrected chi connectivity index (χ1v) is 9.43. The maximum absolute atomic E-state index is 12.2. The molecule has 0 aliphatic rings. The van der Waals surface area contributed by atoms with Crippen molar-refractivity contribution in [2.24, 2.45) is 0 Å². The highest BCUT2D eigenvalue weighted by Gasteiger charge is 2.12. The molecule has 0 bridgehead atoms. The van der Waals surface area contributed by atoms with Gasteiger partial charge in [-0.3, -0.25) is 10.1 Å². The summed E-state index contributed by atoms with van der Waals surface area (Å²) in [4.78, 5) is 28.5. The Labute approximate surface area is 166 Å². The predicted molar refractivity (Wildman–Crippen MR) is 110 cm³/mol. The zero-order valence-electron chi connectivity index (χ0n) is 15.5. The normalized spacial score (nSPS) is 10.2. The average Bonchev–Trinajstić information content (AvgIpc) is 3.15. The van der Waals surface area contributed by atoms with Crippen LogP contribution >= 0.6 is 11.3 Å². The summed E-state index contributed by atoms with van der Waals surface area (Å²) in [6.07, 6.45) is 0. The maximum Gasteiger partial charge on any atom is 0.325 e. The minimum Gasteiger partial charge on any atom is -0.497 e. The van der Waals surface area contributed by atoms with Crippen LogP contribution in [0, 0.1) is 6.92 Å². The van der Waals surface area contributed by atoms with Crippen molar-refractivity contribution in [3.8, 4) is 5.75 Å². The number of aromatic nitrogens is 1. The standard InChI is InChI=1S/C20H20N4O3S/c1-13-4-3-5-15(10-13)22-19(26)24-20-23-17(12-28-20)18(25)21-11-14-6-8-16(27-2)9-7-14/h3-10,12H,11H2,1-2H3,(H,21,25)(H2,22,23,24,26). The van der Waals surface area contributed by atoms with Crippen molar-refractivity contribution in [2.75, 3.05) is 17.7 Å². The third kappa shape index (κ3) is 5.31. The maximum atomic E-state index is 12.2. The van der Waals surface area contributed by atoms with Gasteiger partial charge in [0.25, 0.3) is 5.91 Å². The summed E-state index contributed by atoms with van der Waals surface area (Å²) < 4.78 is 5.11. The monoisotopic (exact) mass is 396 g/mol. The van der Waals surface area contributed by atoms with Gasteiger partial charge in [0, 0.05) is 17.6 Å². The second kappa shape index (κ2) is 9.01. The Hall–Kier alpha value is -3.39. The molecule has 28 heavy (non-hydrogen) atoms. The molecule has 0 saturated carbocycles. The Morgan fingerprint density at radius 3 is 2.61 bits per heavy atom. The van der Waals surface area contributed by atoms with E-state index >= 15 is 0 Å². The molecule has 3 aromatic rings. The Balaban J connectivity index is 1.52. The third-order valence-electron chi connectivity index (χ3n) is 3.85. The van der Waals surface area contributed by atoms with E-state index in [1.54, 1.807) is 18.6 Å². The van der Waals surface area contributed by atoms with Crippen molar-refractivity contribution in [2.45, 2.75) is 13.5 Å². The van der Waals surface area contributed by atoms with Crippen molar-refractivity contribution in [3.63, 3.8) is 0 Å². The van der Waals surface area contributed by atoms with Gasteiger partial charge in [-0.15, -0.1) is 11.3 Å². The second-order valence-corrected chi connectivity index (χ2v) is 6.88. The van der Waals surface area contributed by atoms with E-state index < -0.39 is 6.03 Å². The molecule has 0 fully saturated rings. The van der Waals surface area contributed by atoms with E-state index in [1.807, 2.05) is 49.4 Å². The first-order valence-electron chi connectivity index (χ1n) is 8.55. The van der Waals surface area contributed by atoms with Gasteiger partial charge < -0.3 is 15.4 Å². The van der Waals surface area contributed by atoms with E-state index in [4.69, 9.17) is 4.74 Å².